The Bertz CT molecular complexity index is 242. The molecule has 100 valence electrons. The zero-order valence-electron chi connectivity index (χ0n) is 10.9. The summed E-state index contributed by atoms with van der Waals surface area (Å²) in [6.07, 6.45) is 5.64. The Balaban J connectivity index is 2.26. The van der Waals surface area contributed by atoms with Gasteiger partial charge in [0.15, 0.2) is 0 Å². The van der Waals surface area contributed by atoms with Crippen LogP contribution in [0, 0.1) is 0 Å². The molecule has 17 heavy (non-hydrogen) atoms. The van der Waals surface area contributed by atoms with Gasteiger partial charge in [-0.2, -0.15) is 0 Å². The molecule has 2 atom stereocenters. The number of amides is 1. The summed E-state index contributed by atoms with van der Waals surface area (Å²) in [4.78, 5) is 11.8. The van der Waals surface area contributed by atoms with Crippen LogP contribution in [0.2, 0.25) is 0 Å². The molecule has 0 spiro atoms. The Morgan fingerprint density at radius 1 is 1.59 bits per heavy atom. The van der Waals surface area contributed by atoms with Gasteiger partial charge in [-0.05, 0) is 39.0 Å². The Kier molecular flexibility index (Phi) is 6.28. The van der Waals surface area contributed by atoms with Crippen molar-refractivity contribution >= 4 is 17.5 Å². The molecule has 0 aromatic heterocycles. The molecular formula is C13H24ClNO2. The van der Waals surface area contributed by atoms with Gasteiger partial charge in [-0.15, -0.1) is 11.6 Å². The van der Waals surface area contributed by atoms with Crippen molar-refractivity contribution < 1.29 is 9.53 Å². The average Bonchev–Trinajstić information content (AvgIpc) is 2.79. The Hall–Kier alpha value is -0.280. The number of halogens is 1. The predicted octanol–water partition coefficient (Wildman–Crippen LogP) is 2.86. The largest absolute Gasteiger partial charge is 0.378 e. The molecule has 1 amide bonds. The molecule has 1 aliphatic rings. The lowest BCUT2D eigenvalue weighted by Crippen LogP contribution is -2.45. The van der Waals surface area contributed by atoms with Crippen molar-refractivity contribution in [2.75, 3.05) is 12.5 Å². The molecule has 1 fully saturated rings. The van der Waals surface area contributed by atoms with Crippen LogP contribution in [0.4, 0.5) is 0 Å². The Labute approximate surface area is 109 Å². The first-order valence-electron chi connectivity index (χ1n) is 6.58. The van der Waals surface area contributed by atoms with Gasteiger partial charge in [0.25, 0.3) is 0 Å². The van der Waals surface area contributed by atoms with Gasteiger partial charge in [-0.25, -0.2) is 0 Å². The Morgan fingerprint density at radius 2 is 2.35 bits per heavy atom. The number of ether oxygens (including phenoxy) is 1. The fourth-order valence-electron chi connectivity index (χ4n) is 2.10. The van der Waals surface area contributed by atoms with E-state index in [0.29, 0.717) is 18.4 Å². The van der Waals surface area contributed by atoms with Crippen LogP contribution in [0.15, 0.2) is 0 Å². The SMILES string of the molecule is CCC(C)(CCCl)NC(=O)CCC1CCCO1. The summed E-state index contributed by atoms with van der Waals surface area (Å²) < 4.78 is 5.51. The highest BCUT2D eigenvalue weighted by Gasteiger charge is 2.24. The van der Waals surface area contributed by atoms with Crippen molar-refractivity contribution in [3.8, 4) is 0 Å². The first kappa shape index (κ1) is 14.8. The number of nitrogens with one attached hydrogen (secondary N) is 1. The molecule has 0 radical (unpaired) electrons. The summed E-state index contributed by atoms with van der Waals surface area (Å²) in [5, 5.41) is 3.09. The third kappa shape index (κ3) is 5.26. The summed E-state index contributed by atoms with van der Waals surface area (Å²) >= 11 is 5.76. The second-order valence-electron chi connectivity index (χ2n) is 5.08. The van der Waals surface area contributed by atoms with Crippen LogP contribution in [0.3, 0.4) is 0 Å². The zero-order valence-corrected chi connectivity index (χ0v) is 11.7. The highest BCUT2D eigenvalue weighted by Crippen LogP contribution is 2.18. The second-order valence-corrected chi connectivity index (χ2v) is 5.45. The molecule has 2 unspecified atom stereocenters. The highest BCUT2D eigenvalue weighted by atomic mass is 35.5. The van der Waals surface area contributed by atoms with E-state index in [1.165, 1.54) is 0 Å². The van der Waals surface area contributed by atoms with Gasteiger partial charge in [-0.3, -0.25) is 4.79 Å². The van der Waals surface area contributed by atoms with E-state index >= 15 is 0 Å². The molecule has 0 aromatic carbocycles. The van der Waals surface area contributed by atoms with E-state index in [0.717, 1.165) is 38.7 Å². The molecule has 1 N–H and O–H groups in total. The lowest BCUT2D eigenvalue weighted by atomic mass is 9.95. The predicted molar refractivity (Wildman–Crippen MR) is 70.4 cm³/mol. The van der Waals surface area contributed by atoms with Crippen LogP contribution < -0.4 is 5.32 Å². The van der Waals surface area contributed by atoms with Crippen LogP contribution >= 0.6 is 11.6 Å². The van der Waals surface area contributed by atoms with E-state index in [1.54, 1.807) is 0 Å². The van der Waals surface area contributed by atoms with E-state index in [1.807, 2.05) is 0 Å². The molecule has 0 bridgehead atoms. The normalized spacial score (nSPS) is 23.4. The molecule has 4 heteroatoms. The maximum atomic E-state index is 11.8. The monoisotopic (exact) mass is 261 g/mol. The summed E-state index contributed by atoms with van der Waals surface area (Å²) in [5.41, 5.74) is -0.157. The molecule has 1 aliphatic heterocycles. The third-order valence-electron chi connectivity index (χ3n) is 3.59. The molecule has 1 saturated heterocycles. The van der Waals surface area contributed by atoms with Gasteiger partial charge in [-0.1, -0.05) is 6.92 Å². The topological polar surface area (TPSA) is 38.3 Å². The van der Waals surface area contributed by atoms with Crippen LogP contribution in [-0.2, 0) is 9.53 Å². The molecule has 3 nitrogen and oxygen atoms in total. The van der Waals surface area contributed by atoms with Gasteiger partial charge in [0.2, 0.25) is 5.91 Å². The standard InChI is InChI=1S/C13H24ClNO2/c1-3-13(2,8-9-14)15-12(16)7-6-11-5-4-10-17-11/h11H,3-10H2,1-2H3,(H,15,16). The van der Waals surface area contributed by atoms with Crippen molar-refractivity contribution in [1.82, 2.24) is 5.32 Å². The molecule has 1 rings (SSSR count). The second kappa shape index (κ2) is 7.22. The minimum Gasteiger partial charge on any atom is -0.378 e. The number of carbonyl (C=O) groups excluding carboxylic acids is 1. The molecule has 0 aliphatic carbocycles. The number of alkyl halides is 1. The molecule has 0 saturated carbocycles. The van der Waals surface area contributed by atoms with Gasteiger partial charge in [0, 0.05) is 24.4 Å². The first-order chi connectivity index (χ1) is 8.09. The number of rotatable bonds is 7. The van der Waals surface area contributed by atoms with Crippen molar-refractivity contribution in [1.29, 1.82) is 0 Å². The Morgan fingerprint density at radius 3 is 2.88 bits per heavy atom. The number of carbonyl (C=O) groups is 1. The van der Waals surface area contributed by atoms with E-state index < -0.39 is 0 Å². The lowest BCUT2D eigenvalue weighted by molar-refractivity contribution is -0.123. The van der Waals surface area contributed by atoms with E-state index in [-0.39, 0.29) is 11.4 Å². The summed E-state index contributed by atoms with van der Waals surface area (Å²) in [6, 6.07) is 0. The maximum Gasteiger partial charge on any atom is 0.220 e. The maximum absolute atomic E-state index is 11.8. The van der Waals surface area contributed by atoms with Crippen molar-refractivity contribution in [3.63, 3.8) is 0 Å². The summed E-state index contributed by atoms with van der Waals surface area (Å²) in [7, 11) is 0. The van der Waals surface area contributed by atoms with Crippen LogP contribution in [0.5, 0.6) is 0 Å². The van der Waals surface area contributed by atoms with Crippen molar-refractivity contribution in [2.24, 2.45) is 0 Å². The third-order valence-corrected chi connectivity index (χ3v) is 3.77. The van der Waals surface area contributed by atoms with E-state index in [2.05, 4.69) is 19.2 Å². The molecular weight excluding hydrogens is 238 g/mol. The fourth-order valence-corrected chi connectivity index (χ4v) is 2.52. The minimum atomic E-state index is -0.157. The van der Waals surface area contributed by atoms with Crippen LogP contribution in [-0.4, -0.2) is 30.0 Å². The van der Waals surface area contributed by atoms with Crippen LogP contribution in [0.25, 0.3) is 0 Å². The van der Waals surface area contributed by atoms with Crippen molar-refractivity contribution in [2.45, 2.75) is 64.0 Å². The summed E-state index contributed by atoms with van der Waals surface area (Å²) in [5.74, 6) is 0.700. The first-order valence-corrected chi connectivity index (χ1v) is 7.11. The number of hydrogen-bond donors (Lipinski definition) is 1. The van der Waals surface area contributed by atoms with Gasteiger partial charge >= 0.3 is 0 Å². The quantitative estimate of drug-likeness (QED) is 0.716. The van der Waals surface area contributed by atoms with E-state index in [4.69, 9.17) is 16.3 Å². The van der Waals surface area contributed by atoms with Gasteiger partial charge in [0.1, 0.15) is 0 Å². The summed E-state index contributed by atoms with van der Waals surface area (Å²) in [6.45, 7) is 4.98. The van der Waals surface area contributed by atoms with Gasteiger partial charge in [0.05, 0.1) is 6.10 Å². The van der Waals surface area contributed by atoms with E-state index in [9.17, 15) is 4.79 Å². The number of hydrogen-bond acceptors (Lipinski definition) is 2. The molecule has 1 heterocycles. The molecule has 0 aromatic rings. The smallest absolute Gasteiger partial charge is 0.220 e. The zero-order chi connectivity index (χ0) is 12.7. The van der Waals surface area contributed by atoms with Crippen LogP contribution in [0.1, 0.15) is 52.4 Å². The van der Waals surface area contributed by atoms with Crippen molar-refractivity contribution in [3.05, 3.63) is 0 Å². The lowest BCUT2D eigenvalue weighted by Gasteiger charge is -2.29. The van der Waals surface area contributed by atoms with Gasteiger partial charge < -0.3 is 10.1 Å². The highest BCUT2D eigenvalue weighted by molar-refractivity contribution is 6.17. The minimum absolute atomic E-state index is 0.120. The fraction of sp³-hybridized carbons (Fsp3) is 0.923. The average molecular weight is 262 g/mol.